The van der Waals surface area contributed by atoms with E-state index in [1.54, 1.807) is 29.4 Å². The third-order valence-electron chi connectivity index (χ3n) is 3.28. The molecule has 0 atom stereocenters. The van der Waals surface area contributed by atoms with E-state index in [0.717, 1.165) is 11.1 Å². The summed E-state index contributed by atoms with van der Waals surface area (Å²) in [4.78, 5) is 20.9. The number of rotatable bonds is 3. The molecule has 0 saturated carbocycles. The molecule has 0 spiro atoms. The molecule has 6 nitrogen and oxygen atoms in total. The van der Waals surface area contributed by atoms with E-state index in [1.807, 2.05) is 30.3 Å². The molecule has 20 heavy (non-hydrogen) atoms. The fourth-order valence-electron chi connectivity index (χ4n) is 2.22. The van der Waals surface area contributed by atoms with Crippen molar-refractivity contribution < 1.29 is 0 Å². The van der Waals surface area contributed by atoms with Gasteiger partial charge in [-0.05, 0) is 5.56 Å². The molecule has 0 bridgehead atoms. The lowest BCUT2D eigenvalue weighted by molar-refractivity contribution is 0.734. The third-order valence-corrected chi connectivity index (χ3v) is 3.28. The van der Waals surface area contributed by atoms with Crippen molar-refractivity contribution in [3.63, 3.8) is 0 Å². The second kappa shape index (κ2) is 4.80. The highest BCUT2D eigenvalue weighted by atomic mass is 16.1. The Kier molecular flexibility index (Phi) is 2.98. The first-order valence-corrected chi connectivity index (χ1v) is 6.34. The van der Waals surface area contributed by atoms with Gasteiger partial charge in [0.25, 0.3) is 0 Å². The highest BCUT2D eigenvalue weighted by Crippen LogP contribution is 2.12. The Hall–Kier alpha value is -2.63. The first-order valence-electron chi connectivity index (χ1n) is 6.34. The summed E-state index contributed by atoms with van der Waals surface area (Å²) in [6.45, 7) is 0.513. The van der Waals surface area contributed by atoms with Crippen LogP contribution in [0.25, 0.3) is 11.2 Å². The van der Waals surface area contributed by atoms with Crippen LogP contribution in [0.4, 0.5) is 5.95 Å². The van der Waals surface area contributed by atoms with Gasteiger partial charge in [-0.2, -0.15) is 4.98 Å². The van der Waals surface area contributed by atoms with Gasteiger partial charge < -0.3 is 5.32 Å². The summed E-state index contributed by atoms with van der Waals surface area (Å²) in [5.74, 6) is 0.505. The molecule has 0 saturated heterocycles. The lowest BCUT2D eigenvalue weighted by atomic mass is 10.2. The molecule has 2 heterocycles. The van der Waals surface area contributed by atoms with Gasteiger partial charge >= 0.3 is 5.69 Å². The second-order valence-electron chi connectivity index (χ2n) is 4.57. The zero-order chi connectivity index (χ0) is 14.1. The fourth-order valence-corrected chi connectivity index (χ4v) is 2.22. The highest BCUT2D eigenvalue weighted by molar-refractivity contribution is 5.72. The van der Waals surface area contributed by atoms with Gasteiger partial charge in [-0.1, -0.05) is 30.3 Å². The SMILES string of the molecule is CNc1ncc2c(n1)n(C)c(=O)n2Cc1ccccc1. The van der Waals surface area contributed by atoms with Crippen molar-refractivity contribution in [2.45, 2.75) is 6.54 Å². The molecule has 3 aromatic rings. The van der Waals surface area contributed by atoms with E-state index in [-0.39, 0.29) is 5.69 Å². The molecule has 102 valence electrons. The predicted molar refractivity (Wildman–Crippen MR) is 77.9 cm³/mol. The van der Waals surface area contributed by atoms with E-state index in [9.17, 15) is 4.79 Å². The summed E-state index contributed by atoms with van der Waals surface area (Å²) in [5.41, 5.74) is 2.34. The number of hydrogen-bond acceptors (Lipinski definition) is 4. The average molecular weight is 269 g/mol. The topological polar surface area (TPSA) is 64.7 Å². The van der Waals surface area contributed by atoms with E-state index in [4.69, 9.17) is 0 Å². The van der Waals surface area contributed by atoms with Crippen LogP contribution in [-0.4, -0.2) is 26.1 Å². The molecule has 0 amide bonds. The summed E-state index contributed by atoms with van der Waals surface area (Å²) in [6, 6.07) is 9.86. The number of nitrogens with zero attached hydrogens (tertiary/aromatic N) is 4. The first kappa shape index (κ1) is 12.4. The Labute approximate surface area is 115 Å². The number of imidazole rings is 1. The Bertz CT molecular complexity index is 804. The van der Waals surface area contributed by atoms with E-state index >= 15 is 0 Å². The summed E-state index contributed by atoms with van der Waals surface area (Å²) >= 11 is 0. The molecule has 1 N–H and O–H groups in total. The van der Waals surface area contributed by atoms with Gasteiger partial charge in [-0.25, -0.2) is 9.78 Å². The van der Waals surface area contributed by atoms with Gasteiger partial charge in [0.15, 0.2) is 5.65 Å². The van der Waals surface area contributed by atoms with Gasteiger partial charge in [0.2, 0.25) is 5.95 Å². The number of anilines is 1. The second-order valence-corrected chi connectivity index (χ2v) is 4.57. The van der Waals surface area contributed by atoms with E-state index in [2.05, 4.69) is 15.3 Å². The normalized spacial score (nSPS) is 10.9. The van der Waals surface area contributed by atoms with Crippen LogP contribution in [0.3, 0.4) is 0 Å². The molecular weight excluding hydrogens is 254 g/mol. The number of aromatic nitrogens is 4. The van der Waals surface area contributed by atoms with Crippen LogP contribution in [0, 0.1) is 0 Å². The molecule has 1 aromatic carbocycles. The molecule has 0 fully saturated rings. The number of nitrogens with one attached hydrogen (secondary N) is 1. The van der Waals surface area contributed by atoms with Crippen molar-refractivity contribution in [3.05, 3.63) is 52.6 Å². The number of benzene rings is 1. The maximum Gasteiger partial charge on any atom is 0.330 e. The molecule has 6 heteroatoms. The molecule has 2 aromatic heterocycles. The lowest BCUT2D eigenvalue weighted by Crippen LogP contribution is -2.22. The predicted octanol–water partition coefficient (Wildman–Crippen LogP) is 1.22. The van der Waals surface area contributed by atoms with Crippen LogP contribution in [0.15, 0.2) is 41.3 Å². The van der Waals surface area contributed by atoms with Crippen LogP contribution in [0.2, 0.25) is 0 Å². The molecule has 0 aliphatic heterocycles. The minimum Gasteiger partial charge on any atom is -0.357 e. The standard InChI is InChI=1S/C14H15N5O/c1-15-13-16-8-11-12(17-13)18(2)14(20)19(11)9-10-6-4-3-5-7-10/h3-8H,9H2,1-2H3,(H,15,16,17). The number of hydrogen-bond donors (Lipinski definition) is 1. The van der Waals surface area contributed by atoms with E-state index < -0.39 is 0 Å². The van der Waals surface area contributed by atoms with Crippen molar-refractivity contribution in [1.29, 1.82) is 0 Å². The monoisotopic (exact) mass is 269 g/mol. The van der Waals surface area contributed by atoms with Crippen LogP contribution < -0.4 is 11.0 Å². The van der Waals surface area contributed by atoms with Gasteiger partial charge in [-0.3, -0.25) is 9.13 Å². The Morgan fingerprint density at radius 3 is 2.70 bits per heavy atom. The number of aryl methyl sites for hydroxylation is 1. The molecule has 0 radical (unpaired) electrons. The summed E-state index contributed by atoms with van der Waals surface area (Å²) in [6.07, 6.45) is 1.68. The van der Waals surface area contributed by atoms with Crippen LogP contribution in [0.1, 0.15) is 5.56 Å². The third kappa shape index (κ3) is 1.95. The Balaban J connectivity index is 2.16. The highest BCUT2D eigenvalue weighted by Gasteiger charge is 2.13. The van der Waals surface area contributed by atoms with Gasteiger partial charge in [0, 0.05) is 14.1 Å². The van der Waals surface area contributed by atoms with Gasteiger partial charge in [-0.15, -0.1) is 0 Å². The van der Waals surface area contributed by atoms with E-state index in [1.165, 1.54) is 0 Å². The molecular formula is C14H15N5O. The van der Waals surface area contributed by atoms with Gasteiger partial charge in [0.05, 0.1) is 12.7 Å². The maximum atomic E-state index is 12.3. The molecule has 0 aliphatic carbocycles. The minimum atomic E-state index is -0.0913. The zero-order valence-corrected chi connectivity index (χ0v) is 11.4. The molecule has 0 unspecified atom stereocenters. The Morgan fingerprint density at radius 1 is 1.25 bits per heavy atom. The average Bonchev–Trinajstić information content (AvgIpc) is 2.73. The van der Waals surface area contributed by atoms with Gasteiger partial charge in [0.1, 0.15) is 5.52 Å². The summed E-state index contributed by atoms with van der Waals surface area (Å²) in [7, 11) is 3.47. The van der Waals surface area contributed by atoms with Crippen molar-refractivity contribution in [2.24, 2.45) is 7.05 Å². The Morgan fingerprint density at radius 2 is 2.00 bits per heavy atom. The largest absolute Gasteiger partial charge is 0.357 e. The summed E-state index contributed by atoms with van der Waals surface area (Å²) in [5, 5.41) is 2.88. The van der Waals surface area contributed by atoms with Crippen LogP contribution in [0.5, 0.6) is 0 Å². The van der Waals surface area contributed by atoms with Crippen molar-refractivity contribution in [3.8, 4) is 0 Å². The van der Waals surface area contributed by atoms with Crippen molar-refractivity contribution in [1.82, 2.24) is 19.1 Å². The van der Waals surface area contributed by atoms with Crippen molar-refractivity contribution >= 4 is 17.1 Å². The lowest BCUT2D eigenvalue weighted by Gasteiger charge is -2.03. The quantitative estimate of drug-likeness (QED) is 0.776. The number of fused-ring (bicyclic) bond motifs is 1. The minimum absolute atomic E-state index is 0.0913. The first-order chi connectivity index (χ1) is 9.70. The maximum absolute atomic E-state index is 12.3. The van der Waals surface area contributed by atoms with Crippen molar-refractivity contribution in [2.75, 3.05) is 12.4 Å². The zero-order valence-electron chi connectivity index (χ0n) is 11.4. The molecule has 3 rings (SSSR count). The van der Waals surface area contributed by atoms with E-state index in [0.29, 0.717) is 18.1 Å². The molecule has 0 aliphatic rings. The smallest absolute Gasteiger partial charge is 0.330 e. The van der Waals surface area contributed by atoms with Crippen LogP contribution >= 0.6 is 0 Å². The summed E-state index contributed by atoms with van der Waals surface area (Å²) < 4.78 is 3.23. The van der Waals surface area contributed by atoms with Crippen LogP contribution in [-0.2, 0) is 13.6 Å². The fraction of sp³-hybridized carbons (Fsp3) is 0.214.